The van der Waals surface area contributed by atoms with Crippen LogP contribution in [-0.4, -0.2) is 15.0 Å². The molecule has 0 spiro atoms. The Hall–Kier alpha value is -2.75. The molecule has 2 N–H and O–H groups in total. The maximum absolute atomic E-state index is 5.72. The van der Waals surface area contributed by atoms with E-state index in [1.807, 2.05) is 42.5 Å². The van der Waals surface area contributed by atoms with Gasteiger partial charge in [0, 0.05) is 23.5 Å². The molecule has 0 radical (unpaired) electrons. The summed E-state index contributed by atoms with van der Waals surface area (Å²) in [7, 11) is 0. The molecule has 92 valence electrons. The van der Waals surface area contributed by atoms with Crippen molar-refractivity contribution in [1.29, 1.82) is 0 Å². The van der Waals surface area contributed by atoms with Crippen LogP contribution in [0.4, 0.5) is 5.82 Å². The van der Waals surface area contributed by atoms with E-state index in [1.165, 1.54) is 0 Å². The highest BCUT2D eigenvalue weighted by Gasteiger charge is 2.09. The van der Waals surface area contributed by atoms with E-state index in [0.29, 0.717) is 11.6 Å². The molecule has 19 heavy (non-hydrogen) atoms. The number of hydrogen-bond donors (Lipinski definition) is 1. The molecule has 0 amide bonds. The van der Waals surface area contributed by atoms with Crippen molar-refractivity contribution < 1.29 is 0 Å². The van der Waals surface area contributed by atoms with Gasteiger partial charge in [-0.1, -0.05) is 30.3 Å². The third-order valence-electron chi connectivity index (χ3n) is 2.79. The third kappa shape index (κ3) is 2.28. The van der Waals surface area contributed by atoms with Crippen LogP contribution < -0.4 is 5.73 Å². The molecule has 0 fully saturated rings. The van der Waals surface area contributed by atoms with Gasteiger partial charge in [0.1, 0.15) is 5.82 Å². The van der Waals surface area contributed by atoms with Crippen LogP contribution >= 0.6 is 0 Å². The molecule has 0 bridgehead atoms. The van der Waals surface area contributed by atoms with Gasteiger partial charge in [0.15, 0.2) is 5.82 Å². The minimum Gasteiger partial charge on any atom is -0.384 e. The second kappa shape index (κ2) is 4.86. The molecular weight excluding hydrogens is 236 g/mol. The molecule has 2 aromatic heterocycles. The Bertz CT molecular complexity index is 695. The largest absolute Gasteiger partial charge is 0.384 e. The number of hydrogen-bond acceptors (Lipinski definition) is 4. The highest BCUT2D eigenvalue weighted by atomic mass is 14.9. The van der Waals surface area contributed by atoms with Crippen LogP contribution in [0.1, 0.15) is 0 Å². The quantitative estimate of drug-likeness (QED) is 0.757. The molecule has 3 aromatic rings. The van der Waals surface area contributed by atoms with Crippen molar-refractivity contribution >= 4 is 5.82 Å². The highest BCUT2D eigenvalue weighted by Crippen LogP contribution is 2.28. The first kappa shape index (κ1) is 11.3. The molecule has 2 heterocycles. The summed E-state index contributed by atoms with van der Waals surface area (Å²) in [5, 5.41) is 0. The van der Waals surface area contributed by atoms with Crippen LogP contribution in [0.2, 0.25) is 0 Å². The zero-order valence-corrected chi connectivity index (χ0v) is 10.2. The molecule has 0 aliphatic rings. The minimum atomic E-state index is 0.459. The van der Waals surface area contributed by atoms with Crippen molar-refractivity contribution in [2.75, 3.05) is 5.73 Å². The number of nitrogen functional groups attached to an aromatic ring is 1. The van der Waals surface area contributed by atoms with E-state index in [0.717, 1.165) is 16.8 Å². The van der Waals surface area contributed by atoms with Crippen LogP contribution in [0.25, 0.3) is 22.6 Å². The molecule has 1 aromatic carbocycles. The lowest BCUT2D eigenvalue weighted by molar-refractivity contribution is 1.18. The molecule has 0 aliphatic heterocycles. The van der Waals surface area contributed by atoms with Gasteiger partial charge in [-0.15, -0.1) is 0 Å². The first-order valence-electron chi connectivity index (χ1n) is 5.94. The summed E-state index contributed by atoms with van der Waals surface area (Å²) in [5.74, 6) is 1.07. The Kier molecular flexibility index (Phi) is 2.90. The van der Waals surface area contributed by atoms with Crippen molar-refractivity contribution in [1.82, 2.24) is 15.0 Å². The summed E-state index contributed by atoms with van der Waals surface area (Å²) in [5.41, 5.74) is 8.53. The molecule has 0 unspecified atom stereocenters. The Morgan fingerprint density at radius 1 is 0.737 bits per heavy atom. The Balaban J connectivity index is 2.18. The lowest BCUT2D eigenvalue weighted by Gasteiger charge is -2.07. The predicted molar refractivity (Wildman–Crippen MR) is 75.1 cm³/mol. The van der Waals surface area contributed by atoms with Gasteiger partial charge in [-0.25, -0.2) is 9.97 Å². The summed E-state index contributed by atoms with van der Waals surface area (Å²) in [6, 6.07) is 15.4. The van der Waals surface area contributed by atoms with Crippen molar-refractivity contribution in [3.8, 4) is 22.6 Å². The summed E-state index contributed by atoms with van der Waals surface area (Å²) in [6.07, 6.45) is 3.43. The molecule has 0 saturated carbocycles. The summed E-state index contributed by atoms with van der Waals surface area (Å²) in [4.78, 5) is 12.9. The van der Waals surface area contributed by atoms with Gasteiger partial charge < -0.3 is 5.73 Å². The fourth-order valence-electron chi connectivity index (χ4n) is 1.93. The molecule has 0 aliphatic carbocycles. The molecule has 4 heteroatoms. The third-order valence-corrected chi connectivity index (χ3v) is 2.79. The fourth-order valence-corrected chi connectivity index (χ4v) is 1.93. The van der Waals surface area contributed by atoms with Gasteiger partial charge in [-0.3, -0.25) is 4.98 Å². The van der Waals surface area contributed by atoms with Gasteiger partial charge in [-0.2, -0.15) is 0 Å². The predicted octanol–water partition coefficient (Wildman–Crippen LogP) is 2.79. The van der Waals surface area contributed by atoms with E-state index in [9.17, 15) is 0 Å². The Morgan fingerprint density at radius 2 is 1.53 bits per heavy atom. The molecule has 4 nitrogen and oxygen atoms in total. The topological polar surface area (TPSA) is 64.7 Å². The van der Waals surface area contributed by atoms with Gasteiger partial charge >= 0.3 is 0 Å². The van der Waals surface area contributed by atoms with E-state index in [4.69, 9.17) is 5.73 Å². The summed E-state index contributed by atoms with van der Waals surface area (Å²) in [6.45, 7) is 0. The minimum absolute atomic E-state index is 0.459. The normalized spacial score (nSPS) is 10.3. The SMILES string of the molecule is Nc1ccnc(-c2ccccc2-c2ccccn2)n1. The first-order chi connectivity index (χ1) is 9.34. The Morgan fingerprint density at radius 3 is 2.26 bits per heavy atom. The zero-order chi connectivity index (χ0) is 13.1. The molecule has 0 atom stereocenters. The molecule has 3 rings (SSSR count). The monoisotopic (exact) mass is 248 g/mol. The highest BCUT2D eigenvalue weighted by molar-refractivity contribution is 5.78. The number of nitrogens with two attached hydrogens (primary N) is 1. The van der Waals surface area contributed by atoms with Crippen LogP contribution in [-0.2, 0) is 0 Å². The van der Waals surface area contributed by atoms with Crippen LogP contribution in [0.3, 0.4) is 0 Å². The van der Waals surface area contributed by atoms with E-state index >= 15 is 0 Å². The number of aromatic nitrogens is 3. The maximum Gasteiger partial charge on any atom is 0.162 e. The summed E-state index contributed by atoms with van der Waals surface area (Å²) < 4.78 is 0. The van der Waals surface area contributed by atoms with Crippen molar-refractivity contribution in [3.63, 3.8) is 0 Å². The average Bonchev–Trinajstić information content (AvgIpc) is 2.48. The lowest BCUT2D eigenvalue weighted by Crippen LogP contribution is -1.96. The van der Waals surface area contributed by atoms with Crippen LogP contribution in [0.15, 0.2) is 60.9 Å². The smallest absolute Gasteiger partial charge is 0.162 e. The van der Waals surface area contributed by atoms with E-state index < -0.39 is 0 Å². The van der Waals surface area contributed by atoms with Crippen molar-refractivity contribution in [3.05, 3.63) is 60.9 Å². The second-order valence-electron chi connectivity index (χ2n) is 4.07. The number of anilines is 1. The van der Waals surface area contributed by atoms with Gasteiger partial charge in [0.2, 0.25) is 0 Å². The van der Waals surface area contributed by atoms with E-state index in [-0.39, 0.29) is 0 Å². The van der Waals surface area contributed by atoms with Gasteiger partial charge in [0.25, 0.3) is 0 Å². The van der Waals surface area contributed by atoms with Crippen LogP contribution in [0.5, 0.6) is 0 Å². The second-order valence-corrected chi connectivity index (χ2v) is 4.07. The van der Waals surface area contributed by atoms with Crippen LogP contribution in [0, 0.1) is 0 Å². The fraction of sp³-hybridized carbons (Fsp3) is 0. The maximum atomic E-state index is 5.72. The number of benzene rings is 1. The lowest BCUT2D eigenvalue weighted by atomic mass is 10.0. The molecule has 0 saturated heterocycles. The molecular formula is C15H12N4. The van der Waals surface area contributed by atoms with E-state index in [2.05, 4.69) is 15.0 Å². The standard InChI is InChI=1S/C15H12N4/c16-14-8-10-18-15(19-14)12-6-2-1-5-11(12)13-7-3-4-9-17-13/h1-10H,(H2,16,18,19). The van der Waals surface area contributed by atoms with Crippen molar-refractivity contribution in [2.45, 2.75) is 0 Å². The number of rotatable bonds is 2. The first-order valence-corrected chi connectivity index (χ1v) is 5.94. The number of pyridine rings is 1. The number of nitrogens with zero attached hydrogens (tertiary/aromatic N) is 3. The average molecular weight is 248 g/mol. The van der Waals surface area contributed by atoms with Gasteiger partial charge in [-0.05, 0) is 18.2 Å². The van der Waals surface area contributed by atoms with E-state index in [1.54, 1.807) is 18.5 Å². The van der Waals surface area contributed by atoms with Crippen molar-refractivity contribution in [2.24, 2.45) is 0 Å². The van der Waals surface area contributed by atoms with Gasteiger partial charge in [0.05, 0.1) is 5.69 Å². The summed E-state index contributed by atoms with van der Waals surface area (Å²) >= 11 is 0. The zero-order valence-electron chi connectivity index (χ0n) is 10.2. The Labute approximate surface area is 111 Å².